The summed E-state index contributed by atoms with van der Waals surface area (Å²) < 4.78 is 1.68. The van der Waals surface area contributed by atoms with E-state index in [9.17, 15) is 4.79 Å². The van der Waals surface area contributed by atoms with Gasteiger partial charge in [0.15, 0.2) is 0 Å². The predicted octanol–water partition coefficient (Wildman–Crippen LogP) is 1.72. The number of hydrogen-bond donors (Lipinski definition) is 2. The number of nitrogens with zero attached hydrogens (tertiary/aromatic N) is 2. The van der Waals surface area contributed by atoms with Crippen molar-refractivity contribution >= 4 is 11.4 Å². The van der Waals surface area contributed by atoms with Gasteiger partial charge in [0.25, 0.3) is 5.91 Å². The lowest BCUT2D eigenvalue weighted by Gasteiger charge is -2.06. The van der Waals surface area contributed by atoms with E-state index in [1.165, 1.54) is 0 Å². The van der Waals surface area contributed by atoms with Crippen LogP contribution in [0.1, 0.15) is 21.5 Å². The molecule has 2 aromatic heterocycles. The largest absolute Gasteiger partial charge is 0.348 e. The molecule has 2 heterocycles. The molecule has 5 heteroatoms. The Morgan fingerprint density at radius 1 is 1.19 bits per heavy atom. The molecule has 0 atom stereocenters. The number of nitrogens with one attached hydrogen (secondary N) is 1. The molecular weight excluding hydrogens is 264 g/mol. The molecule has 21 heavy (non-hydrogen) atoms. The van der Waals surface area contributed by atoms with Gasteiger partial charge >= 0.3 is 0 Å². The molecule has 0 fully saturated rings. The Morgan fingerprint density at radius 2 is 2.05 bits per heavy atom. The first-order chi connectivity index (χ1) is 10.3. The number of carbonyl (C=O) groups excluding carboxylic acids is 1. The molecule has 0 saturated carbocycles. The van der Waals surface area contributed by atoms with Gasteiger partial charge in [-0.15, -0.1) is 0 Å². The molecule has 0 aliphatic carbocycles. The lowest BCUT2D eigenvalue weighted by Crippen LogP contribution is -2.22. The third kappa shape index (κ3) is 2.78. The zero-order chi connectivity index (χ0) is 14.7. The Kier molecular flexibility index (Phi) is 3.66. The van der Waals surface area contributed by atoms with Crippen molar-refractivity contribution in [2.45, 2.75) is 13.1 Å². The number of benzene rings is 1. The number of pyridine rings is 1. The molecule has 0 unspecified atom stereocenters. The van der Waals surface area contributed by atoms with Gasteiger partial charge in [0.1, 0.15) is 0 Å². The van der Waals surface area contributed by atoms with Crippen molar-refractivity contribution in [3.05, 3.63) is 71.5 Å². The van der Waals surface area contributed by atoms with Crippen LogP contribution in [-0.4, -0.2) is 15.5 Å². The summed E-state index contributed by atoms with van der Waals surface area (Å²) in [4.78, 5) is 12.3. The number of hydrogen-bond acceptors (Lipinski definition) is 3. The van der Waals surface area contributed by atoms with E-state index in [1.807, 2.05) is 48.7 Å². The summed E-state index contributed by atoms with van der Waals surface area (Å²) >= 11 is 0. The van der Waals surface area contributed by atoms with Gasteiger partial charge in [-0.05, 0) is 23.3 Å². The number of rotatable bonds is 4. The van der Waals surface area contributed by atoms with Crippen molar-refractivity contribution in [2.75, 3.05) is 0 Å². The molecule has 0 saturated heterocycles. The molecule has 5 nitrogen and oxygen atoms in total. The van der Waals surface area contributed by atoms with Crippen molar-refractivity contribution < 1.29 is 4.79 Å². The molecule has 3 N–H and O–H groups in total. The minimum Gasteiger partial charge on any atom is -0.348 e. The summed E-state index contributed by atoms with van der Waals surface area (Å²) in [5, 5.41) is 7.07. The summed E-state index contributed by atoms with van der Waals surface area (Å²) in [6.07, 6.45) is 3.40. The second-order valence-electron chi connectivity index (χ2n) is 4.80. The van der Waals surface area contributed by atoms with E-state index < -0.39 is 0 Å². The highest BCUT2D eigenvalue weighted by Crippen LogP contribution is 2.10. The van der Waals surface area contributed by atoms with Crippen LogP contribution in [0, 0.1) is 0 Å². The Balaban J connectivity index is 1.74. The fourth-order valence-electron chi connectivity index (χ4n) is 2.25. The summed E-state index contributed by atoms with van der Waals surface area (Å²) in [6.45, 7) is 0.965. The van der Waals surface area contributed by atoms with E-state index in [-0.39, 0.29) is 5.91 Å². The Hall–Kier alpha value is -2.66. The van der Waals surface area contributed by atoms with Gasteiger partial charge in [-0.3, -0.25) is 4.79 Å². The van der Waals surface area contributed by atoms with Gasteiger partial charge in [-0.25, -0.2) is 4.52 Å². The maximum atomic E-state index is 12.3. The number of nitrogens with two attached hydrogens (primary N) is 1. The summed E-state index contributed by atoms with van der Waals surface area (Å²) in [7, 11) is 0. The van der Waals surface area contributed by atoms with Gasteiger partial charge < -0.3 is 11.1 Å². The quantitative estimate of drug-likeness (QED) is 0.764. The van der Waals surface area contributed by atoms with Crippen LogP contribution in [0.5, 0.6) is 0 Å². The van der Waals surface area contributed by atoms with Gasteiger partial charge in [-0.2, -0.15) is 5.10 Å². The Morgan fingerprint density at radius 3 is 2.90 bits per heavy atom. The van der Waals surface area contributed by atoms with Crippen LogP contribution in [0.25, 0.3) is 5.52 Å². The maximum absolute atomic E-state index is 12.3. The average Bonchev–Trinajstić information content (AvgIpc) is 2.97. The molecule has 3 rings (SSSR count). The first-order valence-corrected chi connectivity index (χ1v) is 6.76. The highest BCUT2D eigenvalue weighted by molar-refractivity contribution is 6.00. The van der Waals surface area contributed by atoms with Crippen LogP contribution in [0.4, 0.5) is 0 Å². The number of carbonyl (C=O) groups is 1. The molecule has 0 spiro atoms. The number of fused-ring (bicyclic) bond motifs is 1. The maximum Gasteiger partial charge on any atom is 0.255 e. The minimum absolute atomic E-state index is 0.130. The Bertz CT molecular complexity index is 779. The number of amides is 1. The molecular formula is C16H16N4O. The highest BCUT2D eigenvalue weighted by atomic mass is 16.1. The molecule has 1 aromatic carbocycles. The predicted molar refractivity (Wildman–Crippen MR) is 80.7 cm³/mol. The van der Waals surface area contributed by atoms with Crippen LogP contribution in [0.3, 0.4) is 0 Å². The van der Waals surface area contributed by atoms with E-state index in [0.29, 0.717) is 18.7 Å². The van der Waals surface area contributed by atoms with Crippen molar-refractivity contribution in [1.82, 2.24) is 14.9 Å². The van der Waals surface area contributed by atoms with E-state index in [2.05, 4.69) is 10.4 Å². The smallest absolute Gasteiger partial charge is 0.255 e. The van der Waals surface area contributed by atoms with Crippen LogP contribution < -0.4 is 11.1 Å². The molecule has 0 bridgehead atoms. The first kappa shape index (κ1) is 13.3. The third-order valence-corrected chi connectivity index (χ3v) is 3.35. The van der Waals surface area contributed by atoms with Crippen molar-refractivity contribution in [2.24, 2.45) is 5.73 Å². The zero-order valence-corrected chi connectivity index (χ0v) is 11.5. The summed E-state index contributed by atoms with van der Waals surface area (Å²) in [5.41, 5.74) is 9.07. The van der Waals surface area contributed by atoms with Gasteiger partial charge in [0.2, 0.25) is 0 Å². The normalized spacial score (nSPS) is 10.7. The van der Waals surface area contributed by atoms with Crippen molar-refractivity contribution in [3.63, 3.8) is 0 Å². The number of aromatic nitrogens is 2. The molecule has 0 aliphatic rings. The first-order valence-electron chi connectivity index (χ1n) is 6.76. The Labute approximate surface area is 122 Å². The van der Waals surface area contributed by atoms with Gasteiger partial charge in [-0.1, -0.05) is 30.3 Å². The molecule has 1 amide bonds. The lowest BCUT2D eigenvalue weighted by molar-refractivity contribution is 0.0952. The second kappa shape index (κ2) is 5.76. The summed E-state index contributed by atoms with van der Waals surface area (Å²) in [5.74, 6) is -0.130. The standard InChI is InChI=1S/C16H16N4O/c17-9-12-4-3-5-13(8-12)10-18-16(21)14-11-19-20-7-2-1-6-15(14)20/h1-8,11H,9-10,17H2,(H,18,21). The lowest BCUT2D eigenvalue weighted by atomic mass is 10.1. The summed E-state index contributed by atoms with van der Waals surface area (Å²) in [6, 6.07) is 13.5. The average molecular weight is 280 g/mol. The molecule has 3 aromatic rings. The van der Waals surface area contributed by atoms with Crippen LogP contribution >= 0.6 is 0 Å². The molecule has 0 radical (unpaired) electrons. The van der Waals surface area contributed by atoms with E-state index >= 15 is 0 Å². The molecule has 0 aliphatic heterocycles. The third-order valence-electron chi connectivity index (χ3n) is 3.35. The van der Waals surface area contributed by atoms with Crippen LogP contribution in [0.2, 0.25) is 0 Å². The topological polar surface area (TPSA) is 72.4 Å². The fraction of sp³-hybridized carbons (Fsp3) is 0.125. The van der Waals surface area contributed by atoms with Crippen molar-refractivity contribution in [1.29, 1.82) is 0 Å². The SMILES string of the molecule is NCc1cccc(CNC(=O)c2cnn3ccccc23)c1. The van der Waals surface area contributed by atoms with E-state index in [0.717, 1.165) is 16.6 Å². The van der Waals surface area contributed by atoms with Gasteiger partial charge in [0.05, 0.1) is 17.3 Å². The van der Waals surface area contributed by atoms with Crippen LogP contribution in [0.15, 0.2) is 54.9 Å². The molecule has 106 valence electrons. The minimum atomic E-state index is -0.130. The monoisotopic (exact) mass is 280 g/mol. The van der Waals surface area contributed by atoms with E-state index in [1.54, 1.807) is 10.7 Å². The van der Waals surface area contributed by atoms with E-state index in [4.69, 9.17) is 5.73 Å². The van der Waals surface area contributed by atoms with Crippen LogP contribution in [-0.2, 0) is 13.1 Å². The van der Waals surface area contributed by atoms with Crippen molar-refractivity contribution in [3.8, 4) is 0 Å². The highest BCUT2D eigenvalue weighted by Gasteiger charge is 2.11. The second-order valence-corrected chi connectivity index (χ2v) is 4.80. The zero-order valence-electron chi connectivity index (χ0n) is 11.5. The van der Waals surface area contributed by atoms with Gasteiger partial charge in [0, 0.05) is 19.3 Å². The fourth-order valence-corrected chi connectivity index (χ4v) is 2.25.